The number of amides is 3. The Morgan fingerprint density at radius 3 is 2.53 bits per heavy atom. The fraction of sp³-hybridized carbons (Fsp3) is 0.500. The summed E-state index contributed by atoms with van der Waals surface area (Å²) in [5.74, 6) is -1.37. The van der Waals surface area contributed by atoms with Crippen molar-refractivity contribution >= 4 is 29.4 Å². The summed E-state index contributed by atoms with van der Waals surface area (Å²) < 4.78 is 5.69. The lowest BCUT2D eigenvalue weighted by molar-refractivity contribution is -0.134. The number of allylic oxidation sites excluding steroid dienone is 1. The number of methoxy groups -OCH3 is 1. The summed E-state index contributed by atoms with van der Waals surface area (Å²) in [4.78, 5) is 60.0. The molecule has 3 amide bonds. The minimum atomic E-state index is -0.915. The van der Waals surface area contributed by atoms with E-state index in [2.05, 4.69) is 20.7 Å². The summed E-state index contributed by atoms with van der Waals surface area (Å²) in [5, 5.41) is 7.80. The molecule has 1 atom stereocenters. The van der Waals surface area contributed by atoms with Gasteiger partial charge in [-0.15, -0.1) is 0 Å². The molecular weight excluding hydrogens is 416 g/mol. The molecule has 0 aromatic carbocycles. The van der Waals surface area contributed by atoms with Crippen LogP contribution >= 0.6 is 0 Å². The van der Waals surface area contributed by atoms with E-state index in [4.69, 9.17) is 0 Å². The van der Waals surface area contributed by atoms with Crippen LogP contribution in [0, 0.1) is 5.92 Å². The van der Waals surface area contributed by atoms with Gasteiger partial charge in [0, 0.05) is 25.7 Å². The first-order chi connectivity index (χ1) is 15.1. The van der Waals surface area contributed by atoms with Gasteiger partial charge >= 0.3 is 5.97 Å². The fourth-order valence-electron chi connectivity index (χ4n) is 2.71. The summed E-state index contributed by atoms with van der Waals surface area (Å²) in [6, 6.07) is 2.06. The Kier molecular flexibility index (Phi) is 11.5. The highest BCUT2D eigenvalue weighted by molar-refractivity contribution is 5.96. The van der Waals surface area contributed by atoms with Crippen LogP contribution in [0.3, 0.4) is 0 Å². The molecule has 3 N–H and O–H groups in total. The first kappa shape index (κ1) is 26.6. The number of carbonyl (C=O) groups excluding carboxylic acids is 4. The molecule has 0 spiro atoms. The molecule has 0 aliphatic carbocycles. The molecule has 0 fully saturated rings. The minimum absolute atomic E-state index is 0.00654. The second-order valence-corrected chi connectivity index (χ2v) is 7.63. The molecule has 1 heterocycles. The summed E-state index contributed by atoms with van der Waals surface area (Å²) in [5.41, 5.74) is -0.542. The van der Waals surface area contributed by atoms with E-state index in [1.165, 1.54) is 43.0 Å². The van der Waals surface area contributed by atoms with E-state index in [-0.39, 0.29) is 24.6 Å². The van der Waals surface area contributed by atoms with Gasteiger partial charge in [0.05, 0.1) is 7.11 Å². The van der Waals surface area contributed by atoms with Crippen LogP contribution in [-0.2, 0) is 30.5 Å². The molecule has 0 radical (unpaired) electrons. The minimum Gasteiger partial charge on any atom is -0.466 e. The Morgan fingerprint density at radius 1 is 1.19 bits per heavy atom. The van der Waals surface area contributed by atoms with Crippen LogP contribution in [0.4, 0.5) is 5.69 Å². The van der Waals surface area contributed by atoms with Crippen molar-refractivity contribution in [1.82, 2.24) is 15.2 Å². The zero-order chi connectivity index (χ0) is 24.1. The average Bonchev–Trinajstić information content (AvgIpc) is 2.72. The number of ether oxygens (including phenoxy) is 1. The maximum absolute atomic E-state index is 12.7. The smallest absolute Gasteiger partial charge is 0.330 e. The van der Waals surface area contributed by atoms with Crippen LogP contribution in [0.5, 0.6) is 0 Å². The molecular formula is C22H32N4O6. The third kappa shape index (κ3) is 10.1. The second-order valence-electron chi connectivity index (χ2n) is 7.63. The molecule has 0 aliphatic heterocycles. The van der Waals surface area contributed by atoms with Crippen LogP contribution in [0.25, 0.3) is 0 Å². The Labute approximate surface area is 187 Å². The van der Waals surface area contributed by atoms with E-state index in [0.29, 0.717) is 18.9 Å². The van der Waals surface area contributed by atoms with Crippen molar-refractivity contribution in [2.24, 2.45) is 5.92 Å². The maximum atomic E-state index is 12.7. The van der Waals surface area contributed by atoms with Crippen molar-refractivity contribution in [3.63, 3.8) is 0 Å². The van der Waals surface area contributed by atoms with Gasteiger partial charge in [0.25, 0.3) is 5.56 Å². The van der Waals surface area contributed by atoms with Crippen LogP contribution < -0.4 is 21.5 Å². The van der Waals surface area contributed by atoms with E-state index in [0.717, 1.165) is 6.42 Å². The van der Waals surface area contributed by atoms with Crippen LogP contribution in [-0.4, -0.2) is 48.0 Å². The van der Waals surface area contributed by atoms with E-state index >= 15 is 0 Å². The fourth-order valence-corrected chi connectivity index (χ4v) is 2.71. The highest BCUT2D eigenvalue weighted by Crippen LogP contribution is 2.05. The molecule has 176 valence electrons. The monoisotopic (exact) mass is 448 g/mol. The number of carbonyl (C=O) groups is 4. The Balaban J connectivity index is 2.81. The average molecular weight is 449 g/mol. The zero-order valence-electron chi connectivity index (χ0n) is 19.0. The molecule has 10 heteroatoms. The first-order valence-electron chi connectivity index (χ1n) is 10.4. The van der Waals surface area contributed by atoms with Gasteiger partial charge in [-0.25, -0.2) is 4.79 Å². The predicted molar refractivity (Wildman–Crippen MR) is 120 cm³/mol. The van der Waals surface area contributed by atoms with Crippen molar-refractivity contribution in [2.45, 2.75) is 52.6 Å². The molecule has 0 unspecified atom stereocenters. The number of pyridine rings is 1. The number of esters is 1. The number of nitrogens with one attached hydrogen (secondary N) is 3. The summed E-state index contributed by atoms with van der Waals surface area (Å²) >= 11 is 0. The van der Waals surface area contributed by atoms with Gasteiger partial charge in [-0.3, -0.25) is 19.2 Å². The summed E-state index contributed by atoms with van der Waals surface area (Å²) in [6.45, 7) is 5.72. The summed E-state index contributed by atoms with van der Waals surface area (Å²) in [6.07, 6.45) is 5.58. The molecule has 1 rings (SSSR count). The number of anilines is 1. The van der Waals surface area contributed by atoms with Crippen molar-refractivity contribution in [3.05, 3.63) is 40.8 Å². The quantitative estimate of drug-likeness (QED) is 0.322. The Hall–Kier alpha value is -3.43. The molecule has 32 heavy (non-hydrogen) atoms. The van der Waals surface area contributed by atoms with E-state index in [1.807, 2.05) is 13.8 Å². The normalized spacial score (nSPS) is 11.8. The number of nitrogens with zero attached hydrogens (tertiary/aromatic N) is 1. The number of hydrogen-bond donors (Lipinski definition) is 3. The lowest BCUT2D eigenvalue weighted by atomic mass is 10.1. The Bertz CT molecular complexity index is 891. The van der Waals surface area contributed by atoms with Crippen molar-refractivity contribution in [2.75, 3.05) is 19.0 Å². The summed E-state index contributed by atoms with van der Waals surface area (Å²) in [7, 11) is 1.25. The third-order valence-electron chi connectivity index (χ3n) is 4.41. The van der Waals surface area contributed by atoms with Crippen molar-refractivity contribution < 1.29 is 23.9 Å². The molecule has 0 saturated carbocycles. The van der Waals surface area contributed by atoms with Gasteiger partial charge in [-0.1, -0.05) is 19.9 Å². The first-order valence-corrected chi connectivity index (χ1v) is 10.4. The predicted octanol–water partition coefficient (Wildman–Crippen LogP) is 0.963. The van der Waals surface area contributed by atoms with E-state index in [9.17, 15) is 24.0 Å². The van der Waals surface area contributed by atoms with E-state index < -0.39 is 29.4 Å². The number of hydrogen-bond acceptors (Lipinski definition) is 6. The molecule has 10 nitrogen and oxygen atoms in total. The highest BCUT2D eigenvalue weighted by atomic mass is 16.5. The van der Waals surface area contributed by atoms with Gasteiger partial charge in [0.1, 0.15) is 18.3 Å². The van der Waals surface area contributed by atoms with Gasteiger partial charge in [0.2, 0.25) is 17.7 Å². The largest absolute Gasteiger partial charge is 0.466 e. The van der Waals surface area contributed by atoms with Crippen LogP contribution in [0.1, 0.15) is 40.0 Å². The standard InChI is InChI=1S/C22H32N4O6/c1-15(2)11-12-23-19(28)14-26-13-7-9-18(22(26)31)25-21(30)17(24-16(3)27)8-5-6-10-20(29)32-4/h6-7,9-10,13,15,17H,5,8,11-12,14H2,1-4H3,(H,23,28)(H,24,27)(H,25,30)/t17-/m0/s1. The van der Waals surface area contributed by atoms with Gasteiger partial charge in [-0.2, -0.15) is 0 Å². The lowest BCUT2D eigenvalue weighted by Gasteiger charge is -2.17. The van der Waals surface area contributed by atoms with Crippen molar-refractivity contribution in [1.29, 1.82) is 0 Å². The van der Waals surface area contributed by atoms with Crippen LogP contribution in [0.2, 0.25) is 0 Å². The molecule has 1 aromatic heterocycles. The number of rotatable bonds is 12. The molecule has 0 aliphatic rings. The zero-order valence-corrected chi connectivity index (χ0v) is 19.0. The molecule has 1 aromatic rings. The Morgan fingerprint density at radius 2 is 1.91 bits per heavy atom. The topological polar surface area (TPSA) is 136 Å². The maximum Gasteiger partial charge on any atom is 0.330 e. The number of aromatic nitrogens is 1. The lowest BCUT2D eigenvalue weighted by Crippen LogP contribution is -2.43. The molecule has 0 bridgehead atoms. The van der Waals surface area contributed by atoms with Gasteiger partial charge in [-0.05, 0) is 37.3 Å². The second kappa shape index (κ2) is 13.8. The van der Waals surface area contributed by atoms with Crippen molar-refractivity contribution in [3.8, 4) is 0 Å². The van der Waals surface area contributed by atoms with E-state index in [1.54, 1.807) is 6.07 Å². The van der Waals surface area contributed by atoms with Gasteiger partial charge < -0.3 is 25.3 Å². The molecule has 0 saturated heterocycles. The highest BCUT2D eigenvalue weighted by Gasteiger charge is 2.20. The van der Waals surface area contributed by atoms with Crippen LogP contribution in [0.15, 0.2) is 35.3 Å². The SMILES string of the molecule is COC(=O)C=CCC[C@H](NC(C)=O)C(=O)Nc1cccn(CC(=O)NCCC(C)C)c1=O. The third-order valence-corrected chi connectivity index (χ3v) is 4.41. The van der Waals surface area contributed by atoms with Gasteiger partial charge in [0.15, 0.2) is 0 Å².